The highest BCUT2D eigenvalue weighted by atomic mass is 35.5. The molecular weight excluding hydrogens is 519 g/mol. The van der Waals surface area contributed by atoms with E-state index in [1.807, 2.05) is 0 Å². The normalized spacial score (nSPS) is 10.7. The van der Waals surface area contributed by atoms with Crippen LogP contribution in [-0.2, 0) is 21.0 Å². The van der Waals surface area contributed by atoms with Gasteiger partial charge in [-0.2, -0.15) is 0 Å². The largest absolute Gasteiger partial charge is 0.456 e. The molecule has 35 heavy (non-hydrogen) atoms. The molecule has 0 spiro atoms. The Morgan fingerprint density at radius 2 is 1.66 bits per heavy atom. The Bertz CT molecular complexity index is 1150. The smallest absolute Gasteiger partial charge is 0.407 e. The number of nitrogens with two attached hydrogens (primary N) is 1. The van der Waals surface area contributed by atoms with Crippen molar-refractivity contribution in [1.29, 1.82) is 5.41 Å². The van der Waals surface area contributed by atoms with E-state index in [-0.39, 0.29) is 41.0 Å². The molecule has 0 radical (unpaired) electrons. The van der Waals surface area contributed by atoms with Gasteiger partial charge in [-0.25, -0.2) is 13.2 Å². The van der Waals surface area contributed by atoms with Gasteiger partial charge in [0.25, 0.3) is 5.91 Å². The van der Waals surface area contributed by atoms with Crippen molar-refractivity contribution in [3.63, 3.8) is 0 Å². The molecule has 2 amide bonds. The van der Waals surface area contributed by atoms with Gasteiger partial charge < -0.3 is 20.5 Å². The molecule has 0 saturated heterocycles. The molecule has 0 aliphatic rings. The van der Waals surface area contributed by atoms with Crippen molar-refractivity contribution in [3.8, 4) is 11.5 Å². The second-order valence-corrected chi connectivity index (χ2v) is 10.2. The molecule has 194 valence electrons. The van der Waals surface area contributed by atoms with Crippen molar-refractivity contribution in [3.05, 3.63) is 53.6 Å². The second-order valence-electron chi connectivity index (χ2n) is 8.23. The molecular formula is C22H30Cl2N4O6S. The van der Waals surface area contributed by atoms with Crippen molar-refractivity contribution in [2.75, 3.05) is 12.8 Å². The predicted octanol–water partition coefficient (Wildman–Crippen LogP) is 3.42. The number of guanidine groups is 1. The minimum atomic E-state index is -3.72. The summed E-state index contributed by atoms with van der Waals surface area (Å²) in [4.78, 5) is 23.6. The number of hydrogen-bond donors (Lipinski definition) is 4. The maximum atomic E-state index is 12.2. The first kappa shape index (κ1) is 32.0. The summed E-state index contributed by atoms with van der Waals surface area (Å²) < 4.78 is 35.4. The molecule has 0 aromatic heterocycles. The summed E-state index contributed by atoms with van der Waals surface area (Å²) in [5.41, 5.74) is 5.53. The number of amides is 2. The van der Waals surface area contributed by atoms with Gasteiger partial charge in [0.2, 0.25) is 0 Å². The van der Waals surface area contributed by atoms with Crippen LogP contribution in [0.1, 0.15) is 36.7 Å². The summed E-state index contributed by atoms with van der Waals surface area (Å²) >= 11 is 0. The van der Waals surface area contributed by atoms with Crippen molar-refractivity contribution >= 4 is 52.6 Å². The Hall–Kier alpha value is -3.02. The number of hydrogen-bond acceptors (Lipinski definition) is 7. The lowest BCUT2D eigenvalue weighted by atomic mass is 10.1. The summed E-state index contributed by atoms with van der Waals surface area (Å²) in [6.07, 6.45) is 1.08. The quantitative estimate of drug-likeness (QED) is 0.304. The van der Waals surface area contributed by atoms with Crippen LogP contribution < -0.4 is 21.1 Å². The van der Waals surface area contributed by atoms with Crippen LogP contribution in [0, 0.1) is 5.41 Å². The summed E-state index contributed by atoms with van der Waals surface area (Å²) in [5, 5.41) is 11.9. The van der Waals surface area contributed by atoms with Gasteiger partial charge in [0.05, 0.1) is 0 Å². The standard InChI is InChI=1S/C22H28N4O6S.2ClH/c1-22(2,3)32-21(28)25-12-11-14-5-8-16(9-6-14)31-17-10-7-15(19(27)26-20(23)24)13-18(17)33(4,29)30;;/h5-10,13H,11-12H2,1-4H3,(H,25,28)(H4,23,24,26,27);2*1H. The van der Waals surface area contributed by atoms with Crippen LogP contribution in [0.15, 0.2) is 47.4 Å². The van der Waals surface area contributed by atoms with Gasteiger partial charge in [-0.1, -0.05) is 12.1 Å². The topological polar surface area (TPSA) is 161 Å². The second kappa shape index (κ2) is 13.2. The zero-order valence-electron chi connectivity index (χ0n) is 19.7. The van der Waals surface area contributed by atoms with E-state index in [0.29, 0.717) is 18.7 Å². The first-order valence-corrected chi connectivity index (χ1v) is 11.9. The monoisotopic (exact) mass is 548 g/mol. The van der Waals surface area contributed by atoms with Crippen LogP contribution in [0.3, 0.4) is 0 Å². The van der Waals surface area contributed by atoms with Crippen molar-refractivity contribution in [1.82, 2.24) is 10.6 Å². The lowest BCUT2D eigenvalue weighted by Crippen LogP contribution is -2.35. The maximum Gasteiger partial charge on any atom is 0.407 e. The van der Waals surface area contributed by atoms with Gasteiger partial charge >= 0.3 is 6.09 Å². The Morgan fingerprint density at radius 1 is 1.06 bits per heavy atom. The van der Waals surface area contributed by atoms with Crippen molar-refractivity contribution < 1.29 is 27.5 Å². The third kappa shape index (κ3) is 10.8. The molecule has 0 fully saturated rings. The van der Waals surface area contributed by atoms with Crippen molar-refractivity contribution in [2.45, 2.75) is 37.7 Å². The van der Waals surface area contributed by atoms with E-state index >= 15 is 0 Å². The number of carbonyl (C=O) groups excluding carboxylic acids is 2. The Kier molecular flexibility index (Phi) is 12.0. The molecule has 0 aliphatic heterocycles. The average Bonchev–Trinajstić information content (AvgIpc) is 2.67. The summed E-state index contributed by atoms with van der Waals surface area (Å²) in [6.45, 7) is 5.75. The predicted molar refractivity (Wildman–Crippen MR) is 138 cm³/mol. The molecule has 10 nitrogen and oxygen atoms in total. The number of benzene rings is 2. The van der Waals surface area contributed by atoms with Crippen LogP contribution in [0.5, 0.6) is 11.5 Å². The molecule has 0 atom stereocenters. The molecule has 2 aromatic rings. The summed E-state index contributed by atoms with van der Waals surface area (Å²) in [6, 6.07) is 10.8. The molecule has 0 aliphatic carbocycles. The third-order valence-corrected chi connectivity index (χ3v) is 5.20. The van der Waals surface area contributed by atoms with E-state index in [4.69, 9.17) is 20.6 Å². The number of halogens is 2. The highest BCUT2D eigenvalue weighted by Gasteiger charge is 2.19. The highest BCUT2D eigenvalue weighted by Crippen LogP contribution is 2.30. The van der Waals surface area contributed by atoms with Gasteiger partial charge in [0.15, 0.2) is 15.8 Å². The minimum Gasteiger partial charge on any atom is -0.456 e. The lowest BCUT2D eigenvalue weighted by molar-refractivity contribution is 0.0528. The Balaban J connectivity index is 0.00000578. The minimum absolute atomic E-state index is 0. The zero-order chi connectivity index (χ0) is 24.8. The molecule has 2 rings (SSSR count). The van der Waals surface area contributed by atoms with E-state index in [0.717, 1.165) is 11.8 Å². The van der Waals surface area contributed by atoms with Crippen LogP contribution in [0.25, 0.3) is 0 Å². The number of rotatable bonds is 7. The molecule has 0 heterocycles. The number of carbonyl (C=O) groups is 2. The van der Waals surface area contributed by atoms with Crippen LogP contribution >= 0.6 is 24.8 Å². The molecule has 0 bridgehead atoms. The van der Waals surface area contributed by atoms with E-state index in [2.05, 4.69) is 10.6 Å². The number of nitrogens with one attached hydrogen (secondary N) is 3. The van der Waals surface area contributed by atoms with Gasteiger partial charge in [-0.05, 0) is 63.1 Å². The van der Waals surface area contributed by atoms with Crippen LogP contribution in [0.2, 0.25) is 0 Å². The van der Waals surface area contributed by atoms with E-state index in [9.17, 15) is 18.0 Å². The first-order valence-electron chi connectivity index (χ1n) is 9.98. The summed E-state index contributed by atoms with van der Waals surface area (Å²) in [5.74, 6) is -0.813. The molecule has 13 heteroatoms. The fourth-order valence-electron chi connectivity index (χ4n) is 2.69. The summed E-state index contributed by atoms with van der Waals surface area (Å²) in [7, 11) is -3.72. The van der Waals surface area contributed by atoms with E-state index in [1.165, 1.54) is 18.2 Å². The van der Waals surface area contributed by atoms with E-state index in [1.54, 1.807) is 45.0 Å². The molecule has 2 aromatic carbocycles. The molecule has 0 unspecified atom stereocenters. The number of sulfone groups is 1. The number of ether oxygens (including phenoxy) is 2. The SMILES string of the molecule is CC(C)(C)OC(=O)NCCc1ccc(Oc2ccc(C(=O)NC(=N)N)cc2S(C)(=O)=O)cc1.Cl.Cl. The van der Waals surface area contributed by atoms with Crippen LogP contribution in [-0.4, -0.2) is 44.8 Å². The fourth-order valence-corrected chi connectivity index (χ4v) is 3.51. The number of alkyl carbamates (subject to hydrolysis) is 1. The van der Waals surface area contributed by atoms with Gasteiger partial charge in [-0.15, -0.1) is 24.8 Å². The lowest BCUT2D eigenvalue weighted by Gasteiger charge is -2.19. The van der Waals surface area contributed by atoms with Gasteiger partial charge in [0, 0.05) is 18.4 Å². The maximum absolute atomic E-state index is 12.2. The zero-order valence-corrected chi connectivity index (χ0v) is 22.2. The fraction of sp³-hybridized carbons (Fsp3) is 0.318. The Morgan fingerprint density at radius 3 is 2.17 bits per heavy atom. The van der Waals surface area contributed by atoms with Gasteiger partial charge in [0.1, 0.15) is 22.0 Å². The average molecular weight is 549 g/mol. The van der Waals surface area contributed by atoms with E-state index < -0.39 is 33.4 Å². The first-order chi connectivity index (χ1) is 15.2. The highest BCUT2D eigenvalue weighted by molar-refractivity contribution is 7.90. The van der Waals surface area contributed by atoms with Gasteiger partial charge in [-0.3, -0.25) is 15.5 Å². The molecule has 5 N–H and O–H groups in total. The molecule has 0 saturated carbocycles. The third-order valence-electron chi connectivity index (χ3n) is 4.09. The Labute approximate surface area is 217 Å². The van der Waals surface area contributed by atoms with Crippen LogP contribution in [0.4, 0.5) is 4.79 Å². The van der Waals surface area contributed by atoms with Crippen molar-refractivity contribution in [2.24, 2.45) is 5.73 Å².